The largest absolute Gasteiger partial charge is 0.343 e. The maximum Gasteiger partial charge on any atom is 0.222 e. The Bertz CT molecular complexity index is 315. The predicted octanol–water partition coefficient (Wildman–Crippen LogP) is 3.39. The second kappa shape index (κ2) is 8.17. The number of hydrogen-bond acceptors (Lipinski definition) is 2. The zero-order valence-electron chi connectivity index (χ0n) is 14.3. The molecule has 21 heavy (non-hydrogen) atoms. The molecular weight excluding hydrogens is 260 g/mol. The maximum atomic E-state index is 12.2. The zero-order valence-corrected chi connectivity index (χ0v) is 14.3. The summed E-state index contributed by atoms with van der Waals surface area (Å²) < 4.78 is 0. The number of hydrogen-bond donors (Lipinski definition) is 0. The first kappa shape index (κ1) is 16.8. The van der Waals surface area contributed by atoms with Gasteiger partial charge in [0.25, 0.3) is 0 Å². The van der Waals surface area contributed by atoms with E-state index in [1.807, 2.05) is 0 Å². The molecule has 2 aliphatic rings. The number of carbonyl (C=O) groups excluding carboxylic acids is 1. The van der Waals surface area contributed by atoms with Crippen LogP contribution in [0, 0.1) is 17.8 Å². The molecule has 0 N–H and O–H groups in total. The second-order valence-corrected chi connectivity index (χ2v) is 7.48. The molecule has 0 unspecified atom stereocenters. The van der Waals surface area contributed by atoms with Crippen LogP contribution in [-0.4, -0.2) is 48.4 Å². The number of nitrogens with zero attached hydrogens (tertiary/aromatic N) is 2. The first-order valence-corrected chi connectivity index (χ1v) is 9.10. The molecule has 0 bridgehead atoms. The fraction of sp³-hybridized carbons (Fsp3) is 0.944. The average molecular weight is 294 g/mol. The van der Waals surface area contributed by atoms with E-state index in [-0.39, 0.29) is 0 Å². The summed E-state index contributed by atoms with van der Waals surface area (Å²) in [5, 5.41) is 0. The van der Waals surface area contributed by atoms with Crippen molar-refractivity contribution < 1.29 is 4.79 Å². The van der Waals surface area contributed by atoms with Crippen molar-refractivity contribution in [3.05, 3.63) is 0 Å². The van der Waals surface area contributed by atoms with Gasteiger partial charge in [-0.25, -0.2) is 0 Å². The summed E-state index contributed by atoms with van der Waals surface area (Å²) in [6.45, 7) is 12.5. The van der Waals surface area contributed by atoms with E-state index in [9.17, 15) is 4.79 Å². The summed E-state index contributed by atoms with van der Waals surface area (Å²) in [4.78, 5) is 16.9. The second-order valence-electron chi connectivity index (χ2n) is 7.48. The van der Waals surface area contributed by atoms with E-state index in [2.05, 4.69) is 30.6 Å². The van der Waals surface area contributed by atoms with Crippen LogP contribution in [0.2, 0.25) is 0 Å². The summed E-state index contributed by atoms with van der Waals surface area (Å²) in [7, 11) is 0. The molecule has 0 radical (unpaired) electrons. The van der Waals surface area contributed by atoms with Crippen molar-refractivity contribution in [2.24, 2.45) is 17.8 Å². The van der Waals surface area contributed by atoms with Crippen LogP contribution < -0.4 is 0 Å². The Kier molecular flexibility index (Phi) is 6.53. The Hall–Kier alpha value is -0.570. The molecule has 2 aliphatic heterocycles. The van der Waals surface area contributed by atoms with Crippen molar-refractivity contribution in [3.8, 4) is 0 Å². The van der Waals surface area contributed by atoms with E-state index in [1.165, 1.54) is 38.8 Å². The lowest BCUT2D eigenvalue weighted by Crippen LogP contribution is -2.47. The van der Waals surface area contributed by atoms with E-state index in [0.29, 0.717) is 5.91 Å². The molecule has 3 nitrogen and oxygen atoms in total. The van der Waals surface area contributed by atoms with E-state index in [1.54, 1.807) is 0 Å². The molecule has 0 aliphatic carbocycles. The number of amides is 1. The summed E-state index contributed by atoms with van der Waals surface area (Å²) in [6, 6.07) is 0. The monoisotopic (exact) mass is 294 g/mol. The summed E-state index contributed by atoms with van der Waals surface area (Å²) >= 11 is 0. The van der Waals surface area contributed by atoms with Crippen molar-refractivity contribution in [2.75, 3.05) is 32.7 Å². The van der Waals surface area contributed by atoms with Crippen molar-refractivity contribution in [2.45, 2.75) is 59.3 Å². The molecule has 1 amide bonds. The van der Waals surface area contributed by atoms with Gasteiger partial charge in [0.05, 0.1) is 0 Å². The molecule has 2 rings (SSSR count). The molecule has 2 saturated heterocycles. The van der Waals surface area contributed by atoms with Gasteiger partial charge in [0.1, 0.15) is 0 Å². The molecule has 0 aromatic rings. The maximum absolute atomic E-state index is 12.2. The molecule has 3 heteroatoms. The third kappa shape index (κ3) is 4.98. The van der Waals surface area contributed by atoms with Crippen LogP contribution in [-0.2, 0) is 4.79 Å². The van der Waals surface area contributed by atoms with Crippen molar-refractivity contribution in [3.63, 3.8) is 0 Å². The molecule has 0 saturated carbocycles. The van der Waals surface area contributed by atoms with Gasteiger partial charge >= 0.3 is 0 Å². The van der Waals surface area contributed by atoms with E-state index in [0.717, 1.165) is 50.2 Å². The van der Waals surface area contributed by atoms with Crippen LogP contribution in [0.3, 0.4) is 0 Å². The van der Waals surface area contributed by atoms with Gasteiger partial charge in [-0.05, 0) is 50.0 Å². The molecular formula is C18H34N2O. The quantitative estimate of drug-likeness (QED) is 0.718. The Morgan fingerprint density at radius 3 is 2.43 bits per heavy atom. The number of carbonyl (C=O) groups is 1. The highest BCUT2D eigenvalue weighted by Gasteiger charge is 2.26. The Morgan fingerprint density at radius 2 is 1.86 bits per heavy atom. The average Bonchev–Trinajstić information content (AvgIpc) is 2.44. The Labute approximate surface area is 131 Å². The lowest BCUT2D eigenvalue weighted by Gasteiger charge is -2.39. The fourth-order valence-electron chi connectivity index (χ4n) is 3.88. The molecule has 0 spiro atoms. The van der Waals surface area contributed by atoms with Gasteiger partial charge in [0.15, 0.2) is 0 Å². The Morgan fingerprint density at radius 1 is 1.19 bits per heavy atom. The lowest BCUT2D eigenvalue weighted by atomic mass is 9.86. The van der Waals surface area contributed by atoms with E-state index in [4.69, 9.17) is 0 Å². The summed E-state index contributed by atoms with van der Waals surface area (Å²) in [5.41, 5.74) is 0. The predicted molar refractivity (Wildman–Crippen MR) is 88.2 cm³/mol. The van der Waals surface area contributed by atoms with Gasteiger partial charge in [-0.3, -0.25) is 4.79 Å². The van der Waals surface area contributed by atoms with Crippen LogP contribution in [0.25, 0.3) is 0 Å². The molecule has 0 atom stereocenters. The molecule has 0 aromatic carbocycles. The highest BCUT2D eigenvalue weighted by Crippen LogP contribution is 2.25. The third-order valence-electron chi connectivity index (χ3n) is 5.43. The number of rotatable bonds is 7. The van der Waals surface area contributed by atoms with Crippen LogP contribution in [0.4, 0.5) is 0 Å². The van der Waals surface area contributed by atoms with Crippen LogP contribution in [0.1, 0.15) is 59.3 Å². The summed E-state index contributed by atoms with van der Waals surface area (Å²) in [6.07, 6.45) is 6.88. The zero-order chi connectivity index (χ0) is 15.2. The van der Waals surface area contributed by atoms with Gasteiger partial charge in [0, 0.05) is 32.6 Å². The van der Waals surface area contributed by atoms with Crippen LogP contribution in [0.5, 0.6) is 0 Å². The highest BCUT2D eigenvalue weighted by atomic mass is 16.2. The number of likely N-dealkylation sites (tertiary alicyclic amines) is 2. The minimum Gasteiger partial charge on any atom is -0.343 e. The van der Waals surface area contributed by atoms with E-state index < -0.39 is 0 Å². The van der Waals surface area contributed by atoms with Crippen molar-refractivity contribution in [1.82, 2.24) is 9.80 Å². The fourth-order valence-corrected chi connectivity index (χ4v) is 3.88. The summed E-state index contributed by atoms with van der Waals surface area (Å²) in [5.74, 6) is 2.92. The number of piperidine rings is 1. The van der Waals surface area contributed by atoms with Gasteiger partial charge in [-0.2, -0.15) is 0 Å². The first-order valence-electron chi connectivity index (χ1n) is 9.10. The molecule has 0 aromatic heterocycles. The van der Waals surface area contributed by atoms with Crippen LogP contribution in [0.15, 0.2) is 0 Å². The van der Waals surface area contributed by atoms with Crippen molar-refractivity contribution >= 4 is 5.91 Å². The van der Waals surface area contributed by atoms with Crippen molar-refractivity contribution in [1.29, 1.82) is 0 Å². The van der Waals surface area contributed by atoms with Crippen LogP contribution >= 0.6 is 0 Å². The smallest absolute Gasteiger partial charge is 0.222 e. The van der Waals surface area contributed by atoms with Gasteiger partial charge in [-0.1, -0.05) is 27.2 Å². The van der Waals surface area contributed by atoms with Gasteiger partial charge in [-0.15, -0.1) is 0 Å². The first-order chi connectivity index (χ1) is 10.1. The highest BCUT2D eigenvalue weighted by molar-refractivity contribution is 5.76. The topological polar surface area (TPSA) is 23.6 Å². The van der Waals surface area contributed by atoms with E-state index >= 15 is 0 Å². The molecule has 2 heterocycles. The normalized spacial score (nSPS) is 21.8. The molecule has 122 valence electrons. The minimum atomic E-state index is 0.392. The standard InChI is InChI=1S/C18H34N2O/c1-4-6-16-13-19(14-16)10-5-7-18(21)20-11-8-17(9-12-20)15(2)3/h15-17H,4-14H2,1-3H3. The SMILES string of the molecule is CCCC1CN(CCCC(=O)N2CCC(C(C)C)CC2)C1. The minimum absolute atomic E-state index is 0.392. The Balaban J connectivity index is 1.54. The van der Waals surface area contributed by atoms with Gasteiger partial charge in [0.2, 0.25) is 5.91 Å². The van der Waals surface area contributed by atoms with Gasteiger partial charge < -0.3 is 9.80 Å². The lowest BCUT2D eigenvalue weighted by molar-refractivity contribution is -0.133. The molecule has 2 fully saturated rings. The third-order valence-corrected chi connectivity index (χ3v) is 5.43.